The van der Waals surface area contributed by atoms with E-state index in [-0.39, 0.29) is 0 Å². The summed E-state index contributed by atoms with van der Waals surface area (Å²) in [5.41, 5.74) is 3.52. The van der Waals surface area contributed by atoms with E-state index in [2.05, 4.69) is 15.3 Å². The van der Waals surface area contributed by atoms with Gasteiger partial charge in [0.25, 0.3) is 0 Å². The van der Waals surface area contributed by atoms with Crippen molar-refractivity contribution >= 4 is 28.6 Å². The normalized spacial score (nSPS) is 12.2. The van der Waals surface area contributed by atoms with Gasteiger partial charge in [-0.15, -0.1) is 0 Å². The van der Waals surface area contributed by atoms with Crippen LogP contribution in [-0.4, -0.2) is 11.3 Å². The second-order valence-corrected chi connectivity index (χ2v) is 4.78. The second kappa shape index (κ2) is 4.90. The lowest BCUT2D eigenvalue weighted by Gasteiger charge is -2.10. The molecule has 2 heterocycles. The predicted octanol–water partition coefficient (Wildman–Crippen LogP) is 3.72. The zero-order valence-electron chi connectivity index (χ0n) is 11.2. The molecule has 4 rings (SSSR count). The number of hydrogen-bond donors (Lipinski definition) is 0. The number of ether oxygens (including phenoxy) is 1. The van der Waals surface area contributed by atoms with Crippen LogP contribution in [0.15, 0.2) is 59.6 Å². The van der Waals surface area contributed by atoms with E-state index in [0.717, 1.165) is 22.2 Å². The standard InChI is InChI=1S/C17H12N3O/c1-2-6-12(7-3-1)10-21-17-16-15(18-11-19-16)13-8-4-5-9-14(13)20-17/h1-9,11H,10H2. The van der Waals surface area contributed by atoms with Crippen molar-refractivity contribution in [2.24, 2.45) is 4.99 Å². The molecule has 2 aromatic carbocycles. The van der Waals surface area contributed by atoms with Crippen molar-refractivity contribution in [1.82, 2.24) is 10.3 Å². The Morgan fingerprint density at radius 3 is 2.57 bits per heavy atom. The van der Waals surface area contributed by atoms with Gasteiger partial charge in [-0.05, 0) is 11.6 Å². The van der Waals surface area contributed by atoms with E-state index in [0.29, 0.717) is 18.2 Å². The van der Waals surface area contributed by atoms with Crippen LogP contribution in [0.1, 0.15) is 5.56 Å². The SMILES string of the molecule is C1=Nc2c(OCc3ccccc3)nc3ccccc3c2[N]1. The number of fused-ring (bicyclic) bond motifs is 3. The molecule has 21 heavy (non-hydrogen) atoms. The van der Waals surface area contributed by atoms with Crippen LogP contribution in [0.4, 0.5) is 11.4 Å². The summed E-state index contributed by atoms with van der Waals surface area (Å²) in [5.74, 6) is 0.532. The number of aromatic nitrogens is 1. The van der Waals surface area contributed by atoms with Gasteiger partial charge in [-0.2, -0.15) is 0 Å². The highest BCUT2D eigenvalue weighted by Crippen LogP contribution is 2.41. The summed E-state index contributed by atoms with van der Waals surface area (Å²) in [6.45, 7) is 0.466. The van der Waals surface area contributed by atoms with Gasteiger partial charge in [-0.3, -0.25) is 0 Å². The second-order valence-electron chi connectivity index (χ2n) is 4.78. The Labute approximate surface area is 122 Å². The lowest BCUT2D eigenvalue weighted by atomic mass is 10.1. The maximum absolute atomic E-state index is 5.86. The third-order valence-corrected chi connectivity index (χ3v) is 3.40. The third-order valence-electron chi connectivity index (χ3n) is 3.40. The molecule has 0 amide bonds. The molecule has 4 nitrogen and oxygen atoms in total. The molecule has 0 fully saturated rings. The highest BCUT2D eigenvalue weighted by molar-refractivity contribution is 6.02. The Hall–Kier alpha value is -2.88. The van der Waals surface area contributed by atoms with Gasteiger partial charge < -0.3 is 4.74 Å². The zero-order chi connectivity index (χ0) is 14.1. The van der Waals surface area contributed by atoms with Crippen LogP contribution in [0.2, 0.25) is 0 Å². The average Bonchev–Trinajstić information content (AvgIpc) is 3.04. The molecule has 0 atom stereocenters. The van der Waals surface area contributed by atoms with Crippen molar-refractivity contribution in [2.45, 2.75) is 6.61 Å². The van der Waals surface area contributed by atoms with Crippen LogP contribution in [0, 0.1) is 0 Å². The van der Waals surface area contributed by atoms with Gasteiger partial charge in [0.05, 0.1) is 5.52 Å². The fourth-order valence-electron chi connectivity index (χ4n) is 2.38. The van der Waals surface area contributed by atoms with Gasteiger partial charge in [0.15, 0.2) is 5.69 Å². The highest BCUT2D eigenvalue weighted by Gasteiger charge is 2.19. The molecule has 3 aromatic rings. The first-order chi connectivity index (χ1) is 10.4. The maximum Gasteiger partial charge on any atom is 0.243 e. The van der Waals surface area contributed by atoms with E-state index >= 15 is 0 Å². The van der Waals surface area contributed by atoms with Gasteiger partial charge in [0.1, 0.15) is 18.6 Å². The smallest absolute Gasteiger partial charge is 0.243 e. The van der Waals surface area contributed by atoms with E-state index in [1.165, 1.54) is 0 Å². The Balaban J connectivity index is 1.73. The maximum atomic E-state index is 5.86. The number of pyridine rings is 1. The van der Waals surface area contributed by atoms with Crippen molar-refractivity contribution in [3.8, 4) is 5.88 Å². The largest absolute Gasteiger partial charge is 0.471 e. The molecule has 1 aliphatic rings. The van der Waals surface area contributed by atoms with E-state index in [9.17, 15) is 0 Å². The summed E-state index contributed by atoms with van der Waals surface area (Å²) >= 11 is 0. The van der Waals surface area contributed by atoms with Crippen LogP contribution in [-0.2, 0) is 6.61 Å². The third kappa shape index (κ3) is 2.10. The quantitative estimate of drug-likeness (QED) is 0.730. The number of nitrogens with zero attached hydrogens (tertiary/aromatic N) is 3. The molecule has 0 spiro atoms. The minimum atomic E-state index is 0.466. The molecule has 101 valence electrons. The molecule has 1 aliphatic heterocycles. The molecule has 0 bridgehead atoms. The van der Waals surface area contributed by atoms with E-state index in [4.69, 9.17) is 4.74 Å². The summed E-state index contributed by atoms with van der Waals surface area (Å²) < 4.78 is 5.86. The molecule has 0 N–H and O–H groups in total. The van der Waals surface area contributed by atoms with E-state index in [1.807, 2.05) is 54.6 Å². The number of benzene rings is 2. The summed E-state index contributed by atoms with van der Waals surface area (Å²) in [6, 6.07) is 17.9. The Morgan fingerprint density at radius 1 is 0.857 bits per heavy atom. The van der Waals surface area contributed by atoms with Gasteiger partial charge >= 0.3 is 0 Å². The molecular formula is C17H12N3O. The Morgan fingerprint density at radius 2 is 1.67 bits per heavy atom. The fourth-order valence-corrected chi connectivity index (χ4v) is 2.38. The van der Waals surface area contributed by atoms with Crippen molar-refractivity contribution in [3.63, 3.8) is 0 Å². The van der Waals surface area contributed by atoms with Crippen LogP contribution in [0.3, 0.4) is 0 Å². The van der Waals surface area contributed by atoms with Crippen LogP contribution in [0.5, 0.6) is 5.88 Å². The van der Waals surface area contributed by atoms with Crippen molar-refractivity contribution < 1.29 is 4.74 Å². The molecule has 1 radical (unpaired) electrons. The van der Waals surface area contributed by atoms with Crippen molar-refractivity contribution in [2.75, 3.05) is 0 Å². The predicted molar refractivity (Wildman–Crippen MR) is 82.5 cm³/mol. The first-order valence-corrected chi connectivity index (χ1v) is 6.75. The number of hydrogen-bond acceptors (Lipinski definition) is 3. The van der Waals surface area contributed by atoms with Gasteiger partial charge in [0, 0.05) is 5.39 Å². The fraction of sp³-hybridized carbons (Fsp3) is 0.0588. The van der Waals surface area contributed by atoms with Crippen LogP contribution in [0.25, 0.3) is 10.9 Å². The first-order valence-electron chi connectivity index (χ1n) is 6.75. The molecule has 4 heteroatoms. The molecular weight excluding hydrogens is 262 g/mol. The number of para-hydroxylation sites is 1. The minimum absolute atomic E-state index is 0.466. The van der Waals surface area contributed by atoms with Gasteiger partial charge in [-0.25, -0.2) is 15.3 Å². The minimum Gasteiger partial charge on any atom is -0.471 e. The van der Waals surface area contributed by atoms with Gasteiger partial charge in [-0.1, -0.05) is 48.5 Å². The van der Waals surface area contributed by atoms with E-state index < -0.39 is 0 Å². The van der Waals surface area contributed by atoms with E-state index in [1.54, 1.807) is 6.34 Å². The lowest BCUT2D eigenvalue weighted by Crippen LogP contribution is -1.98. The highest BCUT2D eigenvalue weighted by atomic mass is 16.5. The summed E-state index contributed by atoms with van der Waals surface area (Å²) in [5, 5.41) is 5.33. The van der Waals surface area contributed by atoms with Crippen molar-refractivity contribution in [1.29, 1.82) is 0 Å². The van der Waals surface area contributed by atoms with Crippen LogP contribution >= 0.6 is 0 Å². The number of aliphatic imine (C=N–C) groups is 1. The lowest BCUT2D eigenvalue weighted by molar-refractivity contribution is 0.296. The first kappa shape index (κ1) is 11.9. The topological polar surface area (TPSA) is 48.6 Å². The summed E-state index contributed by atoms with van der Waals surface area (Å²) in [4.78, 5) is 8.85. The molecule has 1 aromatic heterocycles. The zero-order valence-corrected chi connectivity index (χ0v) is 11.2. The van der Waals surface area contributed by atoms with Crippen molar-refractivity contribution in [3.05, 3.63) is 60.2 Å². The monoisotopic (exact) mass is 274 g/mol. The summed E-state index contributed by atoms with van der Waals surface area (Å²) in [7, 11) is 0. The summed E-state index contributed by atoms with van der Waals surface area (Å²) in [6.07, 6.45) is 1.55. The van der Waals surface area contributed by atoms with Gasteiger partial charge in [0.2, 0.25) is 5.88 Å². The molecule has 0 saturated heterocycles. The number of rotatable bonds is 3. The van der Waals surface area contributed by atoms with Crippen LogP contribution < -0.4 is 10.1 Å². The average molecular weight is 274 g/mol. The molecule has 0 aliphatic carbocycles. The molecule has 0 unspecified atom stereocenters. The Bertz CT molecular complexity index is 828. The Kier molecular flexibility index (Phi) is 2.78. The molecule has 0 saturated carbocycles.